The minimum absolute atomic E-state index is 0.0562. The fourth-order valence-corrected chi connectivity index (χ4v) is 1.75. The molecule has 1 aliphatic heterocycles. The lowest BCUT2D eigenvalue weighted by atomic mass is 10.2. The zero-order chi connectivity index (χ0) is 10.7. The van der Waals surface area contributed by atoms with E-state index in [1.54, 1.807) is 10.9 Å². The van der Waals surface area contributed by atoms with Gasteiger partial charge < -0.3 is 15.8 Å². The molecule has 82 valence electrons. The second-order valence-corrected chi connectivity index (χ2v) is 3.96. The molecule has 1 aromatic rings. The van der Waals surface area contributed by atoms with Crippen molar-refractivity contribution in [2.45, 2.75) is 25.5 Å². The molecule has 2 rings (SSSR count). The first-order valence-corrected chi connectivity index (χ1v) is 5.39. The molecule has 6 heteroatoms. The van der Waals surface area contributed by atoms with E-state index < -0.39 is 0 Å². The number of aromatic nitrogens is 2. The van der Waals surface area contributed by atoms with Gasteiger partial charge >= 0.3 is 0 Å². The lowest BCUT2D eigenvalue weighted by Gasteiger charge is -2.22. The van der Waals surface area contributed by atoms with Gasteiger partial charge in [0.1, 0.15) is 6.23 Å². The highest BCUT2D eigenvalue weighted by Gasteiger charge is 2.16. The van der Waals surface area contributed by atoms with Gasteiger partial charge in [0.15, 0.2) is 5.11 Å². The SMILES string of the molecule is NC(=S)Nc1cnn(C2CCCCO2)c1. The highest BCUT2D eigenvalue weighted by atomic mass is 32.1. The quantitative estimate of drug-likeness (QED) is 0.743. The van der Waals surface area contributed by atoms with Crippen LogP contribution in [0.2, 0.25) is 0 Å². The third-order valence-electron chi connectivity index (χ3n) is 2.32. The van der Waals surface area contributed by atoms with Crippen LogP contribution in [0.1, 0.15) is 25.5 Å². The molecule has 1 fully saturated rings. The molecule has 0 spiro atoms. The summed E-state index contributed by atoms with van der Waals surface area (Å²) in [6, 6.07) is 0. The van der Waals surface area contributed by atoms with Crippen LogP contribution in [-0.4, -0.2) is 21.5 Å². The lowest BCUT2D eigenvalue weighted by molar-refractivity contribution is -0.0394. The van der Waals surface area contributed by atoms with E-state index >= 15 is 0 Å². The summed E-state index contributed by atoms with van der Waals surface area (Å²) in [7, 11) is 0. The Morgan fingerprint density at radius 3 is 3.20 bits per heavy atom. The van der Waals surface area contributed by atoms with E-state index in [0.29, 0.717) is 0 Å². The van der Waals surface area contributed by atoms with E-state index in [1.165, 1.54) is 6.42 Å². The van der Waals surface area contributed by atoms with E-state index in [2.05, 4.69) is 10.4 Å². The zero-order valence-corrected chi connectivity index (χ0v) is 9.17. The first-order valence-electron chi connectivity index (χ1n) is 4.98. The van der Waals surface area contributed by atoms with Gasteiger partial charge in [0.25, 0.3) is 0 Å². The molecular weight excluding hydrogens is 212 g/mol. The Hall–Kier alpha value is -1.14. The number of nitrogens with two attached hydrogens (primary N) is 1. The molecule has 1 unspecified atom stereocenters. The molecule has 0 saturated carbocycles. The fourth-order valence-electron chi connectivity index (χ4n) is 1.63. The van der Waals surface area contributed by atoms with Gasteiger partial charge in [-0.3, -0.25) is 0 Å². The van der Waals surface area contributed by atoms with Gasteiger partial charge in [0.2, 0.25) is 0 Å². The van der Waals surface area contributed by atoms with E-state index in [9.17, 15) is 0 Å². The van der Waals surface area contributed by atoms with Crippen molar-refractivity contribution < 1.29 is 4.74 Å². The summed E-state index contributed by atoms with van der Waals surface area (Å²) < 4.78 is 7.40. The van der Waals surface area contributed by atoms with E-state index in [-0.39, 0.29) is 11.3 Å². The van der Waals surface area contributed by atoms with Crippen LogP contribution in [0.5, 0.6) is 0 Å². The van der Waals surface area contributed by atoms with Crippen molar-refractivity contribution in [3.63, 3.8) is 0 Å². The highest BCUT2D eigenvalue weighted by Crippen LogP contribution is 2.22. The number of thiocarbonyl (C=S) groups is 1. The number of rotatable bonds is 2. The van der Waals surface area contributed by atoms with Gasteiger partial charge in [0.05, 0.1) is 18.1 Å². The van der Waals surface area contributed by atoms with Crippen LogP contribution in [0, 0.1) is 0 Å². The maximum absolute atomic E-state index is 5.59. The first kappa shape index (κ1) is 10.4. The molecule has 0 aromatic carbocycles. The molecule has 5 nitrogen and oxygen atoms in total. The van der Waals surface area contributed by atoms with Gasteiger partial charge in [-0.05, 0) is 31.5 Å². The standard InChI is InChI=1S/C9H14N4OS/c10-9(15)12-7-5-11-13(6-7)8-3-1-2-4-14-8/h5-6,8H,1-4H2,(H3,10,12,15). The van der Waals surface area contributed by atoms with Crippen LogP contribution in [0.4, 0.5) is 5.69 Å². The third-order valence-corrected chi connectivity index (χ3v) is 2.42. The molecule has 2 heterocycles. The number of hydrogen-bond donors (Lipinski definition) is 2. The van der Waals surface area contributed by atoms with Crippen molar-refractivity contribution in [3.8, 4) is 0 Å². The fraction of sp³-hybridized carbons (Fsp3) is 0.556. The monoisotopic (exact) mass is 226 g/mol. The molecule has 1 saturated heterocycles. The lowest BCUT2D eigenvalue weighted by Crippen LogP contribution is -2.19. The zero-order valence-electron chi connectivity index (χ0n) is 8.35. The second kappa shape index (κ2) is 4.59. The van der Waals surface area contributed by atoms with Crippen LogP contribution in [0.3, 0.4) is 0 Å². The van der Waals surface area contributed by atoms with Crippen molar-refractivity contribution in [1.82, 2.24) is 9.78 Å². The predicted molar refractivity (Wildman–Crippen MR) is 61.5 cm³/mol. The van der Waals surface area contributed by atoms with Crippen molar-refractivity contribution in [2.24, 2.45) is 5.73 Å². The number of nitrogens with zero attached hydrogens (tertiary/aromatic N) is 2. The Bertz CT molecular complexity index is 346. The molecule has 1 aromatic heterocycles. The summed E-state index contributed by atoms with van der Waals surface area (Å²) in [5, 5.41) is 7.29. The summed E-state index contributed by atoms with van der Waals surface area (Å²) >= 11 is 4.74. The molecule has 1 aliphatic rings. The van der Waals surface area contributed by atoms with Gasteiger partial charge in [-0.25, -0.2) is 4.68 Å². The Labute approximate surface area is 93.6 Å². The Morgan fingerprint density at radius 1 is 1.67 bits per heavy atom. The van der Waals surface area contributed by atoms with E-state index in [0.717, 1.165) is 25.1 Å². The van der Waals surface area contributed by atoms with Gasteiger partial charge in [-0.15, -0.1) is 0 Å². The largest absolute Gasteiger partial charge is 0.376 e. The van der Waals surface area contributed by atoms with E-state index in [1.807, 2.05) is 6.20 Å². The molecule has 0 aliphatic carbocycles. The average molecular weight is 226 g/mol. The Morgan fingerprint density at radius 2 is 2.53 bits per heavy atom. The highest BCUT2D eigenvalue weighted by molar-refractivity contribution is 7.80. The smallest absolute Gasteiger partial charge is 0.168 e. The molecule has 0 bridgehead atoms. The van der Waals surface area contributed by atoms with Crippen LogP contribution < -0.4 is 11.1 Å². The molecule has 3 N–H and O–H groups in total. The minimum Gasteiger partial charge on any atom is -0.376 e. The van der Waals surface area contributed by atoms with Crippen LogP contribution in [-0.2, 0) is 4.74 Å². The molecular formula is C9H14N4OS. The maximum Gasteiger partial charge on any atom is 0.168 e. The molecule has 15 heavy (non-hydrogen) atoms. The summed E-state index contributed by atoms with van der Waals surface area (Å²) in [4.78, 5) is 0. The van der Waals surface area contributed by atoms with Crippen molar-refractivity contribution in [2.75, 3.05) is 11.9 Å². The summed E-state index contributed by atoms with van der Waals surface area (Å²) in [6.07, 6.45) is 6.93. The normalized spacial score (nSPS) is 21.2. The van der Waals surface area contributed by atoms with Crippen LogP contribution in [0.15, 0.2) is 12.4 Å². The number of anilines is 1. The summed E-state index contributed by atoms with van der Waals surface area (Å²) in [5.74, 6) is 0. The van der Waals surface area contributed by atoms with Gasteiger partial charge in [0, 0.05) is 6.61 Å². The van der Waals surface area contributed by atoms with Gasteiger partial charge in [-0.1, -0.05) is 0 Å². The van der Waals surface area contributed by atoms with Crippen LogP contribution in [0.25, 0.3) is 0 Å². The molecule has 0 amide bonds. The van der Waals surface area contributed by atoms with E-state index in [4.69, 9.17) is 22.7 Å². The second-order valence-electron chi connectivity index (χ2n) is 3.52. The van der Waals surface area contributed by atoms with Crippen molar-refractivity contribution in [3.05, 3.63) is 12.4 Å². The van der Waals surface area contributed by atoms with Gasteiger partial charge in [-0.2, -0.15) is 5.10 Å². The Kier molecular flexibility index (Phi) is 3.17. The topological polar surface area (TPSA) is 65.1 Å². The Balaban J connectivity index is 2.02. The minimum atomic E-state index is 0.0562. The number of nitrogens with one attached hydrogen (secondary N) is 1. The number of hydrogen-bond acceptors (Lipinski definition) is 3. The summed E-state index contributed by atoms with van der Waals surface area (Å²) in [5.41, 5.74) is 6.17. The maximum atomic E-state index is 5.59. The van der Waals surface area contributed by atoms with Crippen molar-refractivity contribution in [1.29, 1.82) is 0 Å². The average Bonchev–Trinajstić information content (AvgIpc) is 2.67. The third kappa shape index (κ3) is 2.66. The number of ether oxygens (including phenoxy) is 1. The predicted octanol–water partition coefficient (Wildman–Crippen LogP) is 1.24. The van der Waals surface area contributed by atoms with Crippen molar-refractivity contribution >= 4 is 23.0 Å². The van der Waals surface area contributed by atoms with Crippen LogP contribution >= 0.6 is 12.2 Å². The molecule has 1 atom stereocenters. The summed E-state index contributed by atoms with van der Waals surface area (Å²) in [6.45, 7) is 0.808. The molecule has 0 radical (unpaired) electrons. The first-order chi connectivity index (χ1) is 7.25.